The van der Waals surface area contributed by atoms with Crippen LogP contribution in [0.25, 0.3) is 0 Å². The van der Waals surface area contributed by atoms with Crippen LogP contribution < -0.4 is 15.0 Å². The van der Waals surface area contributed by atoms with Gasteiger partial charge in [-0.15, -0.1) is 0 Å². The first kappa shape index (κ1) is 22.6. The Kier molecular flexibility index (Phi) is 7.07. The zero-order chi connectivity index (χ0) is 23.2. The number of nitrogens with zero attached hydrogens (tertiary/aromatic N) is 1. The maximum atomic E-state index is 13.7. The van der Waals surface area contributed by atoms with E-state index < -0.39 is 17.8 Å². The van der Waals surface area contributed by atoms with Crippen LogP contribution in [-0.2, 0) is 4.79 Å². The van der Waals surface area contributed by atoms with Crippen molar-refractivity contribution >= 4 is 17.5 Å². The van der Waals surface area contributed by atoms with Gasteiger partial charge in [-0.05, 0) is 66.9 Å². The van der Waals surface area contributed by atoms with Gasteiger partial charge < -0.3 is 14.5 Å². The average molecular weight is 451 g/mol. The highest BCUT2D eigenvalue weighted by atomic mass is 19.1. The third kappa shape index (κ3) is 5.25. The molecule has 0 bridgehead atoms. The Morgan fingerprint density at radius 2 is 1.73 bits per heavy atom. The van der Waals surface area contributed by atoms with E-state index in [9.17, 15) is 14.0 Å². The molecule has 1 saturated carbocycles. The standard InChI is InChI=1S/C26H27FN2O4/c1-32-22-15-9-18(10-16-22)24(25(30)28-20-6-3-2-4-7-20)29(21-13-11-19(27)12-14-21)26(31)23-8-5-17-33-23/h5,8-17,20,24H,2-4,6-7H2,1H3,(H,28,30). The predicted octanol–water partition coefficient (Wildman–Crippen LogP) is 5.26. The molecule has 0 radical (unpaired) electrons. The number of methoxy groups -OCH3 is 1. The van der Waals surface area contributed by atoms with Gasteiger partial charge in [-0.3, -0.25) is 14.5 Å². The molecule has 7 heteroatoms. The number of benzene rings is 2. The van der Waals surface area contributed by atoms with E-state index in [4.69, 9.17) is 9.15 Å². The number of anilines is 1. The molecule has 1 atom stereocenters. The van der Waals surface area contributed by atoms with Gasteiger partial charge in [-0.25, -0.2) is 4.39 Å². The van der Waals surface area contributed by atoms with Crippen molar-refractivity contribution in [2.45, 2.75) is 44.2 Å². The number of carbonyl (C=O) groups excluding carboxylic acids is 2. The molecule has 4 rings (SSSR count). The molecular weight excluding hydrogens is 423 g/mol. The van der Waals surface area contributed by atoms with E-state index in [1.807, 2.05) is 0 Å². The van der Waals surface area contributed by atoms with Crippen molar-refractivity contribution in [2.75, 3.05) is 12.0 Å². The predicted molar refractivity (Wildman–Crippen MR) is 123 cm³/mol. The summed E-state index contributed by atoms with van der Waals surface area (Å²) in [6.07, 6.45) is 6.50. The molecule has 172 valence electrons. The summed E-state index contributed by atoms with van der Waals surface area (Å²) in [5.41, 5.74) is 0.991. The molecule has 1 fully saturated rings. The Balaban J connectivity index is 1.77. The molecule has 1 heterocycles. The van der Waals surface area contributed by atoms with Crippen LogP contribution in [0, 0.1) is 5.82 Å². The van der Waals surface area contributed by atoms with Crippen molar-refractivity contribution in [3.05, 3.63) is 84.1 Å². The van der Waals surface area contributed by atoms with Crippen LogP contribution in [0.1, 0.15) is 54.3 Å². The maximum Gasteiger partial charge on any atom is 0.294 e. The van der Waals surface area contributed by atoms with Crippen LogP contribution in [-0.4, -0.2) is 25.0 Å². The highest BCUT2D eigenvalue weighted by molar-refractivity contribution is 6.08. The molecule has 1 unspecified atom stereocenters. The first-order chi connectivity index (χ1) is 16.1. The zero-order valence-corrected chi connectivity index (χ0v) is 18.5. The molecule has 1 aromatic heterocycles. The summed E-state index contributed by atoms with van der Waals surface area (Å²) in [6.45, 7) is 0. The summed E-state index contributed by atoms with van der Waals surface area (Å²) in [4.78, 5) is 28.6. The lowest BCUT2D eigenvalue weighted by Gasteiger charge is -2.33. The van der Waals surface area contributed by atoms with Crippen LogP contribution >= 0.6 is 0 Å². The fourth-order valence-electron chi connectivity index (χ4n) is 4.24. The second-order valence-corrected chi connectivity index (χ2v) is 8.15. The molecule has 2 aromatic carbocycles. The van der Waals surface area contributed by atoms with Crippen LogP contribution in [0.2, 0.25) is 0 Å². The van der Waals surface area contributed by atoms with Gasteiger partial charge in [0.15, 0.2) is 5.76 Å². The Morgan fingerprint density at radius 3 is 2.33 bits per heavy atom. The largest absolute Gasteiger partial charge is 0.497 e. The lowest BCUT2D eigenvalue weighted by molar-refractivity contribution is -0.123. The molecule has 2 amide bonds. The highest BCUT2D eigenvalue weighted by Gasteiger charge is 2.35. The fraction of sp³-hybridized carbons (Fsp3) is 0.308. The molecule has 0 saturated heterocycles. The molecule has 6 nitrogen and oxygen atoms in total. The van der Waals surface area contributed by atoms with E-state index in [-0.39, 0.29) is 17.7 Å². The van der Waals surface area contributed by atoms with Gasteiger partial charge in [-0.2, -0.15) is 0 Å². The first-order valence-corrected chi connectivity index (χ1v) is 11.1. The van der Waals surface area contributed by atoms with E-state index in [0.29, 0.717) is 17.0 Å². The second-order valence-electron chi connectivity index (χ2n) is 8.15. The SMILES string of the molecule is COc1ccc(C(C(=O)NC2CCCCC2)N(C(=O)c2ccco2)c2ccc(F)cc2)cc1. The van der Waals surface area contributed by atoms with E-state index in [1.165, 1.54) is 35.4 Å². The van der Waals surface area contributed by atoms with Gasteiger partial charge in [-0.1, -0.05) is 31.4 Å². The van der Waals surface area contributed by atoms with Gasteiger partial charge in [0.05, 0.1) is 13.4 Å². The molecular formula is C26H27FN2O4. The molecule has 0 spiro atoms. The van der Waals surface area contributed by atoms with Gasteiger partial charge in [0.1, 0.15) is 17.6 Å². The first-order valence-electron chi connectivity index (χ1n) is 11.1. The Labute approximate surface area is 192 Å². The summed E-state index contributed by atoms with van der Waals surface area (Å²) in [7, 11) is 1.56. The summed E-state index contributed by atoms with van der Waals surface area (Å²) in [5, 5.41) is 3.14. The normalized spacial score (nSPS) is 15.0. The number of halogens is 1. The number of furan rings is 1. The van der Waals surface area contributed by atoms with E-state index in [1.54, 1.807) is 43.5 Å². The number of hydrogen-bond donors (Lipinski definition) is 1. The number of hydrogen-bond acceptors (Lipinski definition) is 4. The van der Waals surface area contributed by atoms with Gasteiger partial charge in [0, 0.05) is 11.7 Å². The highest BCUT2D eigenvalue weighted by Crippen LogP contribution is 2.32. The topological polar surface area (TPSA) is 71.8 Å². The summed E-state index contributed by atoms with van der Waals surface area (Å²) >= 11 is 0. The van der Waals surface area contributed by atoms with Crippen molar-refractivity contribution in [3.63, 3.8) is 0 Å². The van der Waals surface area contributed by atoms with Crippen molar-refractivity contribution in [1.82, 2.24) is 5.32 Å². The van der Waals surface area contributed by atoms with Crippen LogP contribution in [0.5, 0.6) is 5.75 Å². The zero-order valence-electron chi connectivity index (χ0n) is 18.5. The molecule has 1 aliphatic carbocycles. The van der Waals surface area contributed by atoms with Crippen LogP contribution in [0.4, 0.5) is 10.1 Å². The lowest BCUT2D eigenvalue weighted by atomic mass is 9.94. The quantitative estimate of drug-likeness (QED) is 0.533. The molecule has 3 aromatic rings. The molecule has 1 N–H and O–H groups in total. The summed E-state index contributed by atoms with van der Waals surface area (Å²) in [5.74, 6) is -0.501. The molecule has 1 aliphatic rings. The average Bonchev–Trinajstić information content (AvgIpc) is 3.39. The summed E-state index contributed by atoms with van der Waals surface area (Å²) < 4.78 is 24.3. The number of amides is 2. The number of ether oxygens (including phenoxy) is 1. The van der Waals surface area contributed by atoms with E-state index in [2.05, 4.69) is 5.32 Å². The van der Waals surface area contributed by atoms with Crippen molar-refractivity contribution in [3.8, 4) is 5.75 Å². The Bertz CT molecular complexity index is 1060. The molecule has 33 heavy (non-hydrogen) atoms. The van der Waals surface area contributed by atoms with Gasteiger partial charge in [0.2, 0.25) is 5.91 Å². The van der Waals surface area contributed by atoms with Crippen molar-refractivity contribution in [2.24, 2.45) is 0 Å². The fourth-order valence-corrected chi connectivity index (χ4v) is 4.24. The Hall–Kier alpha value is -3.61. The van der Waals surface area contributed by atoms with Crippen molar-refractivity contribution in [1.29, 1.82) is 0 Å². The number of nitrogens with one attached hydrogen (secondary N) is 1. The summed E-state index contributed by atoms with van der Waals surface area (Å²) in [6, 6.07) is 14.7. The minimum atomic E-state index is -0.985. The van der Waals surface area contributed by atoms with Crippen molar-refractivity contribution < 1.29 is 23.1 Å². The Morgan fingerprint density at radius 1 is 1.03 bits per heavy atom. The third-order valence-corrected chi connectivity index (χ3v) is 5.95. The second kappa shape index (κ2) is 10.3. The van der Waals surface area contributed by atoms with Crippen LogP contribution in [0.15, 0.2) is 71.3 Å². The monoisotopic (exact) mass is 450 g/mol. The van der Waals surface area contributed by atoms with E-state index >= 15 is 0 Å². The van der Waals surface area contributed by atoms with Crippen LogP contribution in [0.3, 0.4) is 0 Å². The lowest BCUT2D eigenvalue weighted by Crippen LogP contribution is -2.47. The minimum absolute atomic E-state index is 0.0563. The maximum absolute atomic E-state index is 13.7. The minimum Gasteiger partial charge on any atom is -0.497 e. The molecule has 0 aliphatic heterocycles. The van der Waals surface area contributed by atoms with Gasteiger partial charge in [0.25, 0.3) is 5.91 Å². The van der Waals surface area contributed by atoms with Gasteiger partial charge >= 0.3 is 0 Å². The van der Waals surface area contributed by atoms with E-state index in [0.717, 1.165) is 32.1 Å². The smallest absolute Gasteiger partial charge is 0.294 e. The third-order valence-electron chi connectivity index (χ3n) is 5.95. The number of carbonyl (C=O) groups is 2. The number of rotatable bonds is 7.